The molecule has 0 amide bonds. The van der Waals surface area contributed by atoms with E-state index in [0.717, 1.165) is 60.3 Å². The predicted octanol–water partition coefficient (Wildman–Crippen LogP) is 7.97. The number of hydrogen-bond acceptors (Lipinski definition) is 3. The molecule has 200 valence electrons. The average Bonchev–Trinajstić information content (AvgIpc) is 3.57. The molecule has 1 aliphatic heterocycles. The van der Waals surface area contributed by atoms with E-state index in [2.05, 4.69) is 99.9 Å². The molecule has 2 heterocycles. The second-order valence-corrected chi connectivity index (χ2v) is 11.4. The number of para-hydroxylation sites is 1. The number of hydrogen-bond donors (Lipinski definition) is 0. The van der Waals surface area contributed by atoms with Crippen LogP contribution in [0.2, 0.25) is 0 Å². The third-order valence-corrected chi connectivity index (χ3v) is 8.22. The molecule has 0 atom stereocenters. The van der Waals surface area contributed by atoms with Gasteiger partial charge in [-0.25, -0.2) is 4.98 Å². The van der Waals surface area contributed by atoms with Gasteiger partial charge >= 0.3 is 0 Å². The van der Waals surface area contributed by atoms with Gasteiger partial charge in [0.2, 0.25) is 0 Å². The van der Waals surface area contributed by atoms with Crippen LogP contribution in [0.5, 0.6) is 5.75 Å². The van der Waals surface area contributed by atoms with E-state index in [1.807, 2.05) is 0 Å². The number of halogens is 1. The summed E-state index contributed by atoms with van der Waals surface area (Å²) in [7, 11) is 0. The molecule has 0 unspecified atom stereocenters. The van der Waals surface area contributed by atoms with Crippen molar-refractivity contribution in [1.29, 1.82) is 0 Å². The van der Waals surface area contributed by atoms with Crippen molar-refractivity contribution in [2.45, 2.75) is 71.9 Å². The first-order chi connectivity index (χ1) is 18.6. The number of aryl methyl sites for hydroxylation is 3. The van der Waals surface area contributed by atoms with Gasteiger partial charge in [-0.1, -0.05) is 72.6 Å². The van der Waals surface area contributed by atoms with E-state index >= 15 is 0 Å². The minimum Gasteiger partial charge on any atom is -0.489 e. The summed E-state index contributed by atoms with van der Waals surface area (Å²) in [6.07, 6.45) is 8.17. The van der Waals surface area contributed by atoms with Gasteiger partial charge in [0, 0.05) is 16.5 Å². The van der Waals surface area contributed by atoms with Gasteiger partial charge in [-0.05, 0) is 92.7 Å². The third-order valence-electron chi connectivity index (χ3n) is 7.73. The van der Waals surface area contributed by atoms with Crippen LogP contribution in [0, 0.1) is 0 Å². The van der Waals surface area contributed by atoms with Crippen molar-refractivity contribution < 1.29 is 4.74 Å². The van der Waals surface area contributed by atoms with E-state index in [9.17, 15) is 0 Å². The molecular formula is C33H40BrN3O. The molecule has 4 aromatic rings. The maximum atomic E-state index is 6.44. The monoisotopic (exact) mass is 573 g/mol. The van der Waals surface area contributed by atoms with Crippen LogP contribution in [0.15, 0.2) is 65.1 Å². The lowest BCUT2D eigenvalue weighted by Crippen LogP contribution is -2.21. The second-order valence-electron chi connectivity index (χ2n) is 10.5. The Kier molecular flexibility index (Phi) is 9.18. The number of aromatic nitrogens is 2. The Balaban J connectivity index is 1.35. The molecule has 0 N–H and O–H groups in total. The zero-order valence-electron chi connectivity index (χ0n) is 22.9. The van der Waals surface area contributed by atoms with Crippen molar-refractivity contribution in [2.24, 2.45) is 0 Å². The molecule has 0 saturated carbocycles. The standard InChI is InChI=1S/C33H40BrN3O/c1-3-10-27-15-14-25(21-26(27)4-2)24-38-32-12-6-5-11-28(32)23-37-31-17-16-29(34)22-30(31)35-33(37)13-9-20-36-18-7-8-19-36/h5-6,11-12,14-17,21-22H,3-4,7-10,13,18-20,23-24H2,1-2H3. The minimum atomic E-state index is 0.580. The molecule has 0 spiro atoms. The maximum Gasteiger partial charge on any atom is 0.124 e. The zero-order valence-corrected chi connectivity index (χ0v) is 24.5. The summed E-state index contributed by atoms with van der Waals surface area (Å²) >= 11 is 3.63. The molecular weight excluding hydrogens is 534 g/mol. The summed E-state index contributed by atoms with van der Waals surface area (Å²) < 4.78 is 9.90. The van der Waals surface area contributed by atoms with Gasteiger partial charge in [0.05, 0.1) is 17.6 Å². The molecule has 1 aromatic heterocycles. The van der Waals surface area contributed by atoms with Gasteiger partial charge in [0.25, 0.3) is 0 Å². The minimum absolute atomic E-state index is 0.580. The Hall–Kier alpha value is -2.63. The average molecular weight is 575 g/mol. The van der Waals surface area contributed by atoms with E-state index < -0.39 is 0 Å². The molecule has 0 radical (unpaired) electrons. The summed E-state index contributed by atoms with van der Waals surface area (Å²) in [5.41, 5.74) is 7.56. The Morgan fingerprint density at radius 1 is 0.895 bits per heavy atom. The highest BCUT2D eigenvalue weighted by molar-refractivity contribution is 9.10. The van der Waals surface area contributed by atoms with E-state index in [1.165, 1.54) is 60.1 Å². The van der Waals surface area contributed by atoms with E-state index in [1.54, 1.807) is 0 Å². The van der Waals surface area contributed by atoms with Crippen molar-refractivity contribution in [3.8, 4) is 5.75 Å². The molecule has 1 aliphatic rings. The Labute approximate surface area is 236 Å². The number of ether oxygens (including phenoxy) is 1. The molecule has 1 fully saturated rings. The highest BCUT2D eigenvalue weighted by atomic mass is 79.9. The second kappa shape index (κ2) is 12.9. The molecule has 3 aromatic carbocycles. The summed E-state index contributed by atoms with van der Waals surface area (Å²) in [5, 5.41) is 0. The van der Waals surface area contributed by atoms with Crippen LogP contribution in [0.1, 0.15) is 67.6 Å². The summed E-state index contributed by atoms with van der Waals surface area (Å²) in [4.78, 5) is 7.66. The van der Waals surface area contributed by atoms with Gasteiger partial charge in [-0.2, -0.15) is 0 Å². The Morgan fingerprint density at radius 2 is 1.74 bits per heavy atom. The van der Waals surface area contributed by atoms with Crippen molar-refractivity contribution >= 4 is 27.0 Å². The highest BCUT2D eigenvalue weighted by Gasteiger charge is 2.16. The van der Waals surface area contributed by atoms with Crippen LogP contribution in [0.25, 0.3) is 11.0 Å². The quantitative estimate of drug-likeness (QED) is 0.172. The van der Waals surface area contributed by atoms with Gasteiger partial charge in [-0.15, -0.1) is 0 Å². The number of fused-ring (bicyclic) bond motifs is 1. The number of imidazole rings is 1. The Bertz CT molecular complexity index is 1360. The number of benzene rings is 3. The van der Waals surface area contributed by atoms with Crippen LogP contribution < -0.4 is 4.74 Å². The van der Waals surface area contributed by atoms with Gasteiger partial charge in [-0.3, -0.25) is 0 Å². The van der Waals surface area contributed by atoms with Crippen molar-refractivity contribution in [2.75, 3.05) is 19.6 Å². The fourth-order valence-electron chi connectivity index (χ4n) is 5.71. The largest absolute Gasteiger partial charge is 0.489 e. The van der Waals surface area contributed by atoms with Gasteiger partial charge < -0.3 is 14.2 Å². The van der Waals surface area contributed by atoms with Crippen molar-refractivity contribution in [3.05, 3.63) is 93.2 Å². The van der Waals surface area contributed by atoms with Crippen LogP contribution in [-0.2, 0) is 32.4 Å². The highest BCUT2D eigenvalue weighted by Crippen LogP contribution is 2.27. The first-order valence-electron chi connectivity index (χ1n) is 14.3. The van der Waals surface area contributed by atoms with Gasteiger partial charge in [0.15, 0.2) is 0 Å². The fourth-order valence-corrected chi connectivity index (χ4v) is 6.05. The van der Waals surface area contributed by atoms with Crippen molar-refractivity contribution in [1.82, 2.24) is 14.5 Å². The molecule has 5 rings (SSSR count). The smallest absolute Gasteiger partial charge is 0.124 e. The number of likely N-dealkylation sites (tertiary alicyclic amines) is 1. The van der Waals surface area contributed by atoms with Crippen LogP contribution in [0.4, 0.5) is 0 Å². The lowest BCUT2D eigenvalue weighted by atomic mass is 9.99. The number of nitrogens with zero attached hydrogens (tertiary/aromatic N) is 3. The fraction of sp³-hybridized carbons (Fsp3) is 0.424. The maximum absolute atomic E-state index is 6.44. The lowest BCUT2D eigenvalue weighted by molar-refractivity contribution is 0.302. The van der Waals surface area contributed by atoms with E-state index in [-0.39, 0.29) is 0 Å². The van der Waals surface area contributed by atoms with Crippen LogP contribution in [-0.4, -0.2) is 34.1 Å². The first kappa shape index (κ1) is 27.0. The molecule has 5 heteroatoms. The molecule has 1 saturated heterocycles. The summed E-state index contributed by atoms with van der Waals surface area (Å²) in [6.45, 7) is 9.47. The molecule has 38 heavy (non-hydrogen) atoms. The SMILES string of the molecule is CCCc1ccc(COc2ccccc2Cn2c(CCCN3CCCC3)nc3cc(Br)ccc32)cc1CC. The topological polar surface area (TPSA) is 30.3 Å². The molecule has 0 aliphatic carbocycles. The zero-order chi connectivity index (χ0) is 26.3. The molecule has 0 bridgehead atoms. The predicted molar refractivity (Wildman–Crippen MR) is 161 cm³/mol. The normalized spacial score (nSPS) is 14.0. The van der Waals surface area contributed by atoms with Crippen molar-refractivity contribution in [3.63, 3.8) is 0 Å². The summed E-state index contributed by atoms with van der Waals surface area (Å²) in [6, 6.07) is 21.7. The summed E-state index contributed by atoms with van der Waals surface area (Å²) in [5.74, 6) is 2.11. The van der Waals surface area contributed by atoms with Crippen LogP contribution >= 0.6 is 15.9 Å². The third kappa shape index (κ3) is 6.50. The van der Waals surface area contributed by atoms with Gasteiger partial charge in [0.1, 0.15) is 18.2 Å². The molecule has 4 nitrogen and oxygen atoms in total. The lowest BCUT2D eigenvalue weighted by Gasteiger charge is -2.16. The van der Waals surface area contributed by atoms with Crippen LogP contribution in [0.3, 0.4) is 0 Å². The van der Waals surface area contributed by atoms with E-state index in [4.69, 9.17) is 9.72 Å². The first-order valence-corrected chi connectivity index (χ1v) is 15.1. The number of rotatable bonds is 12. The van der Waals surface area contributed by atoms with E-state index in [0.29, 0.717) is 6.61 Å². The Morgan fingerprint density at radius 3 is 2.55 bits per heavy atom.